The van der Waals surface area contributed by atoms with Crippen LogP contribution in [0.1, 0.15) is 39.8 Å². The number of halogens is 1. The van der Waals surface area contributed by atoms with E-state index >= 15 is 0 Å². The van der Waals surface area contributed by atoms with Crippen molar-refractivity contribution in [1.82, 2.24) is 9.88 Å². The molecule has 0 spiro atoms. The van der Waals surface area contributed by atoms with E-state index in [-0.39, 0.29) is 18.5 Å². The minimum Gasteiger partial charge on any atom is -0.497 e. The maximum absolute atomic E-state index is 13.3. The third-order valence-corrected chi connectivity index (χ3v) is 5.63. The first kappa shape index (κ1) is 24.2. The summed E-state index contributed by atoms with van der Waals surface area (Å²) >= 11 is 6.24. The zero-order valence-electron chi connectivity index (χ0n) is 19.2. The lowest BCUT2D eigenvalue weighted by Gasteiger charge is -2.24. The van der Waals surface area contributed by atoms with Crippen LogP contribution in [0.2, 0.25) is 5.02 Å². The molecule has 3 rings (SSSR count). The van der Waals surface area contributed by atoms with Crippen molar-refractivity contribution in [3.8, 4) is 5.75 Å². The quantitative estimate of drug-likeness (QED) is 0.414. The third-order valence-electron chi connectivity index (χ3n) is 5.30. The van der Waals surface area contributed by atoms with Gasteiger partial charge in [-0.3, -0.25) is 0 Å². The molecule has 33 heavy (non-hydrogen) atoms. The molecule has 2 aromatic carbocycles. The molecule has 8 heteroatoms. The van der Waals surface area contributed by atoms with Crippen LogP contribution in [-0.4, -0.2) is 35.6 Å². The van der Waals surface area contributed by atoms with Crippen molar-refractivity contribution in [3.05, 3.63) is 81.6 Å². The first-order valence-electron chi connectivity index (χ1n) is 10.6. The molecule has 3 aromatic rings. The topological polar surface area (TPSA) is 83.7 Å². The first-order chi connectivity index (χ1) is 15.8. The molecule has 0 aliphatic heterocycles. The number of anilines is 1. The van der Waals surface area contributed by atoms with E-state index in [0.29, 0.717) is 35.1 Å². The molecule has 1 heterocycles. The number of benzene rings is 2. The molecular weight excluding hydrogens is 442 g/mol. The highest BCUT2D eigenvalue weighted by Gasteiger charge is 2.23. The lowest BCUT2D eigenvalue weighted by molar-refractivity contribution is 0.0525. The zero-order chi connectivity index (χ0) is 24.0. The van der Waals surface area contributed by atoms with Gasteiger partial charge in [0.25, 0.3) is 0 Å². The molecule has 0 radical (unpaired) electrons. The molecule has 2 N–H and O–H groups in total. The van der Waals surface area contributed by atoms with Crippen molar-refractivity contribution in [2.75, 3.05) is 19.0 Å². The highest BCUT2D eigenvalue weighted by Crippen LogP contribution is 2.24. The molecule has 0 saturated carbocycles. The molecule has 1 aromatic heterocycles. The Labute approximate surface area is 198 Å². The number of ether oxygens (including phenoxy) is 2. The summed E-state index contributed by atoms with van der Waals surface area (Å²) in [7, 11) is 1.61. The molecular formula is C25H28ClN3O4. The summed E-state index contributed by atoms with van der Waals surface area (Å²) < 4.78 is 10.4. The highest BCUT2D eigenvalue weighted by atomic mass is 35.5. The fourth-order valence-electron chi connectivity index (χ4n) is 3.58. The standard InChI is InChI=1S/C25H28ClN3O4/c1-5-33-24(30)23-16(2)22(27-17(23)3)15-29(14-18-10-12-19(32-4)13-11-18)25(31)28-21-9-7-6-8-20(21)26/h6-13,27H,5,14-15H2,1-4H3,(H,28,31). The van der Waals surface area contributed by atoms with Gasteiger partial charge in [-0.2, -0.15) is 0 Å². The summed E-state index contributed by atoms with van der Waals surface area (Å²) in [4.78, 5) is 30.5. The van der Waals surface area contributed by atoms with Crippen LogP contribution < -0.4 is 10.1 Å². The number of aryl methyl sites for hydroxylation is 1. The van der Waals surface area contributed by atoms with Gasteiger partial charge in [-0.25, -0.2) is 9.59 Å². The summed E-state index contributed by atoms with van der Waals surface area (Å²) in [5, 5.41) is 3.33. The second kappa shape index (κ2) is 10.9. The smallest absolute Gasteiger partial charge is 0.340 e. The van der Waals surface area contributed by atoms with Gasteiger partial charge in [0.15, 0.2) is 0 Å². The van der Waals surface area contributed by atoms with Gasteiger partial charge in [0.05, 0.1) is 36.5 Å². The summed E-state index contributed by atoms with van der Waals surface area (Å²) in [6.07, 6.45) is 0. The van der Waals surface area contributed by atoms with Gasteiger partial charge in [-0.1, -0.05) is 35.9 Å². The summed E-state index contributed by atoms with van der Waals surface area (Å²) in [6, 6.07) is 14.3. The van der Waals surface area contributed by atoms with Crippen LogP contribution in [0, 0.1) is 13.8 Å². The Morgan fingerprint density at radius 2 is 1.76 bits per heavy atom. The van der Waals surface area contributed by atoms with Gasteiger partial charge in [-0.15, -0.1) is 0 Å². The van der Waals surface area contributed by atoms with E-state index in [9.17, 15) is 9.59 Å². The molecule has 0 aliphatic carbocycles. The van der Waals surface area contributed by atoms with Crippen molar-refractivity contribution in [3.63, 3.8) is 0 Å². The summed E-state index contributed by atoms with van der Waals surface area (Å²) in [5.41, 5.74) is 4.18. The molecule has 0 fully saturated rings. The Balaban J connectivity index is 1.89. The predicted octanol–water partition coefficient (Wildman–Crippen LogP) is 5.70. The normalized spacial score (nSPS) is 10.6. The van der Waals surface area contributed by atoms with Gasteiger partial charge in [0, 0.05) is 17.9 Å². The maximum atomic E-state index is 13.3. The number of methoxy groups -OCH3 is 1. The Bertz CT molecular complexity index is 1130. The van der Waals surface area contributed by atoms with Gasteiger partial charge >= 0.3 is 12.0 Å². The minimum absolute atomic E-state index is 0.258. The van der Waals surface area contributed by atoms with E-state index < -0.39 is 0 Å². The van der Waals surface area contributed by atoms with E-state index in [0.717, 1.165) is 22.6 Å². The fourth-order valence-corrected chi connectivity index (χ4v) is 3.76. The van der Waals surface area contributed by atoms with E-state index in [2.05, 4.69) is 10.3 Å². The van der Waals surface area contributed by atoms with E-state index in [1.165, 1.54) is 0 Å². The number of hydrogen-bond donors (Lipinski definition) is 2. The summed E-state index contributed by atoms with van der Waals surface area (Å²) in [5.74, 6) is 0.359. The predicted molar refractivity (Wildman–Crippen MR) is 129 cm³/mol. The number of carbonyl (C=O) groups is 2. The zero-order valence-corrected chi connectivity index (χ0v) is 20.0. The minimum atomic E-state index is -0.378. The van der Waals surface area contributed by atoms with Gasteiger partial charge in [0.1, 0.15) is 5.75 Å². The van der Waals surface area contributed by atoms with Gasteiger partial charge in [-0.05, 0) is 56.2 Å². The number of aromatic amines is 1. The molecule has 0 aliphatic rings. The van der Waals surface area contributed by atoms with Crippen molar-refractivity contribution < 1.29 is 19.1 Å². The van der Waals surface area contributed by atoms with Crippen molar-refractivity contribution >= 4 is 29.3 Å². The molecule has 0 unspecified atom stereocenters. The molecule has 2 amide bonds. The van der Waals surface area contributed by atoms with Crippen LogP contribution in [0.4, 0.5) is 10.5 Å². The van der Waals surface area contributed by atoms with Crippen LogP contribution in [0.3, 0.4) is 0 Å². The molecule has 0 bridgehead atoms. The Kier molecular flexibility index (Phi) is 8.01. The molecule has 174 valence electrons. The lowest BCUT2D eigenvalue weighted by Crippen LogP contribution is -2.34. The number of nitrogens with one attached hydrogen (secondary N) is 2. The average molecular weight is 470 g/mol. The summed E-state index contributed by atoms with van der Waals surface area (Å²) in [6.45, 7) is 6.33. The number of aromatic nitrogens is 1. The van der Waals surface area contributed by atoms with Crippen molar-refractivity contribution in [2.24, 2.45) is 0 Å². The highest BCUT2D eigenvalue weighted by molar-refractivity contribution is 6.33. The average Bonchev–Trinajstić information content (AvgIpc) is 3.08. The Hall–Kier alpha value is -3.45. The molecule has 7 nitrogen and oxygen atoms in total. The number of para-hydroxylation sites is 1. The second-order valence-electron chi connectivity index (χ2n) is 7.56. The number of amides is 2. The number of esters is 1. The Morgan fingerprint density at radius 1 is 1.06 bits per heavy atom. The van der Waals surface area contributed by atoms with Gasteiger partial charge in [0.2, 0.25) is 0 Å². The SMILES string of the molecule is CCOC(=O)c1c(C)[nH]c(CN(Cc2ccc(OC)cc2)C(=O)Nc2ccccc2Cl)c1C. The second-order valence-corrected chi connectivity index (χ2v) is 7.97. The number of H-pyrrole nitrogens is 1. The number of rotatable bonds is 8. The first-order valence-corrected chi connectivity index (χ1v) is 11.0. The van der Waals surface area contributed by atoms with Crippen molar-refractivity contribution in [2.45, 2.75) is 33.9 Å². The van der Waals surface area contributed by atoms with Crippen LogP contribution in [0.5, 0.6) is 5.75 Å². The number of hydrogen-bond acceptors (Lipinski definition) is 4. The third kappa shape index (κ3) is 5.87. The van der Waals surface area contributed by atoms with Crippen LogP contribution in [0.25, 0.3) is 0 Å². The number of nitrogens with zero attached hydrogens (tertiary/aromatic N) is 1. The molecule has 0 saturated heterocycles. The largest absolute Gasteiger partial charge is 0.497 e. The van der Waals surface area contributed by atoms with Crippen molar-refractivity contribution in [1.29, 1.82) is 0 Å². The maximum Gasteiger partial charge on any atom is 0.340 e. The fraction of sp³-hybridized carbons (Fsp3) is 0.280. The van der Waals surface area contributed by atoms with Crippen LogP contribution in [-0.2, 0) is 17.8 Å². The van der Waals surface area contributed by atoms with E-state index in [1.807, 2.05) is 38.1 Å². The van der Waals surface area contributed by atoms with Crippen LogP contribution >= 0.6 is 11.6 Å². The number of urea groups is 1. The van der Waals surface area contributed by atoms with E-state index in [4.69, 9.17) is 21.1 Å². The Morgan fingerprint density at radius 3 is 2.39 bits per heavy atom. The van der Waals surface area contributed by atoms with E-state index in [1.54, 1.807) is 43.2 Å². The van der Waals surface area contributed by atoms with Gasteiger partial charge < -0.3 is 24.7 Å². The lowest BCUT2D eigenvalue weighted by atomic mass is 10.1. The number of carbonyl (C=O) groups excluding carboxylic acids is 2. The monoisotopic (exact) mass is 469 g/mol. The molecule has 0 atom stereocenters. The van der Waals surface area contributed by atoms with Crippen LogP contribution in [0.15, 0.2) is 48.5 Å².